The summed E-state index contributed by atoms with van der Waals surface area (Å²) in [7, 11) is 1.51. The minimum absolute atomic E-state index is 0.0640. The van der Waals surface area contributed by atoms with Crippen LogP contribution in [0.25, 0.3) is 0 Å². The maximum absolute atomic E-state index is 12.7. The number of hydrogen-bond donors (Lipinski definition) is 2. The van der Waals surface area contributed by atoms with Crippen molar-refractivity contribution in [1.29, 1.82) is 0 Å². The van der Waals surface area contributed by atoms with Crippen LogP contribution in [0, 0.1) is 0 Å². The van der Waals surface area contributed by atoms with Gasteiger partial charge in [-0.05, 0) is 26.3 Å². The summed E-state index contributed by atoms with van der Waals surface area (Å²) in [6.07, 6.45) is 6.63. The average Bonchev–Trinajstić information content (AvgIpc) is 2.65. The molecule has 1 rings (SSSR count). The molecule has 1 heterocycles. The van der Waals surface area contributed by atoms with Crippen LogP contribution in [0.15, 0.2) is 34.8 Å². The van der Waals surface area contributed by atoms with Crippen LogP contribution in [0.5, 0.6) is 5.75 Å². The summed E-state index contributed by atoms with van der Waals surface area (Å²) >= 11 is 0. The highest BCUT2D eigenvalue weighted by Gasteiger charge is 2.23. The van der Waals surface area contributed by atoms with Gasteiger partial charge in [0.2, 0.25) is 5.43 Å². The zero-order chi connectivity index (χ0) is 20.2. The second kappa shape index (κ2) is 11.7. The second-order valence-corrected chi connectivity index (χ2v) is 5.36. The predicted molar refractivity (Wildman–Crippen MR) is 101 cm³/mol. The van der Waals surface area contributed by atoms with Gasteiger partial charge in [-0.1, -0.05) is 18.2 Å². The smallest absolute Gasteiger partial charge is 0.343 e. The molecule has 0 saturated carbocycles. The summed E-state index contributed by atoms with van der Waals surface area (Å²) in [5, 5.41) is 2.61. The zero-order valence-electron chi connectivity index (χ0n) is 16.1. The summed E-state index contributed by atoms with van der Waals surface area (Å²) in [5.74, 6) is -1.56. The van der Waals surface area contributed by atoms with Gasteiger partial charge in [-0.25, -0.2) is 4.79 Å². The molecule has 0 spiro atoms. The number of carbonyl (C=O) groups is 2. The van der Waals surface area contributed by atoms with E-state index in [2.05, 4.69) is 10.3 Å². The molecule has 8 heteroatoms. The number of ether oxygens (including phenoxy) is 3. The molecule has 8 nitrogen and oxygen atoms in total. The number of H-pyrrole nitrogens is 1. The van der Waals surface area contributed by atoms with Crippen molar-refractivity contribution in [2.75, 3.05) is 33.5 Å². The number of aromatic amines is 1. The summed E-state index contributed by atoms with van der Waals surface area (Å²) < 4.78 is 15.4. The van der Waals surface area contributed by atoms with Crippen molar-refractivity contribution in [3.8, 4) is 5.75 Å². The number of rotatable bonds is 10. The number of allylic oxidation sites excluding steroid dienone is 2. The van der Waals surface area contributed by atoms with Gasteiger partial charge in [0.15, 0.2) is 11.4 Å². The van der Waals surface area contributed by atoms with E-state index in [1.54, 1.807) is 6.92 Å². The van der Waals surface area contributed by atoms with Crippen LogP contribution in [0.2, 0.25) is 0 Å². The lowest BCUT2D eigenvalue weighted by Gasteiger charge is -2.13. The fourth-order valence-electron chi connectivity index (χ4n) is 2.13. The third kappa shape index (κ3) is 6.41. The van der Waals surface area contributed by atoms with Crippen molar-refractivity contribution >= 4 is 11.9 Å². The second-order valence-electron chi connectivity index (χ2n) is 5.36. The molecule has 0 aliphatic carbocycles. The first-order valence-corrected chi connectivity index (χ1v) is 8.60. The molecule has 0 bridgehead atoms. The lowest BCUT2D eigenvalue weighted by Crippen LogP contribution is -2.31. The highest BCUT2D eigenvalue weighted by atomic mass is 16.5. The van der Waals surface area contributed by atoms with Gasteiger partial charge < -0.3 is 24.5 Å². The van der Waals surface area contributed by atoms with Gasteiger partial charge in [0, 0.05) is 19.9 Å². The molecule has 1 aromatic rings. The first kappa shape index (κ1) is 22.2. The molecule has 0 fully saturated rings. The Kier molecular flexibility index (Phi) is 9.60. The zero-order valence-corrected chi connectivity index (χ0v) is 16.1. The molecule has 0 aliphatic heterocycles. The first-order chi connectivity index (χ1) is 13.0. The van der Waals surface area contributed by atoms with E-state index in [4.69, 9.17) is 14.2 Å². The van der Waals surface area contributed by atoms with E-state index < -0.39 is 17.3 Å². The molecule has 0 aromatic carbocycles. The van der Waals surface area contributed by atoms with Crippen molar-refractivity contribution in [2.24, 2.45) is 0 Å². The molecular weight excluding hydrogens is 352 g/mol. The number of aromatic nitrogens is 1. The Hall–Kier alpha value is -2.87. The minimum atomic E-state index is -0.783. The van der Waals surface area contributed by atoms with Crippen molar-refractivity contribution in [1.82, 2.24) is 10.3 Å². The Bertz CT molecular complexity index is 764. The van der Waals surface area contributed by atoms with Crippen molar-refractivity contribution in [2.45, 2.75) is 20.8 Å². The number of nitrogens with one attached hydrogen (secondary N) is 2. The Balaban J connectivity index is 3.25. The Morgan fingerprint density at radius 2 is 2.04 bits per heavy atom. The van der Waals surface area contributed by atoms with Gasteiger partial charge in [0.05, 0.1) is 13.2 Å². The molecule has 1 aromatic heterocycles. The topological polar surface area (TPSA) is 107 Å². The standard InChI is InChI=1S/C19H26N2O6/c1-5-8-13(6-2)12-27-17-15(18(23)20-9-10-25-4)21-11-14(16(17)22)19(24)26-7-3/h5-6,8,11H,7,9-10,12H2,1-4H3,(H,20,23)(H,21,22)/b8-5-,13-6+. The van der Waals surface area contributed by atoms with Crippen LogP contribution >= 0.6 is 0 Å². The van der Waals surface area contributed by atoms with Crippen LogP contribution in [0.1, 0.15) is 41.6 Å². The fourth-order valence-corrected chi connectivity index (χ4v) is 2.13. The fraction of sp³-hybridized carbons (Fsp3) is 0.421. The van der Waals surface area contributed by atoms with Gasteiger partial charge in [-0.2, -0.15) is 0 Å². The summed E-state index contributed by atoms with van der Waals surface area (Å²) in [6, 6.07) is 0. The first-order valence-electron chi connectivity index (χ1n) is 8.60. The molecule has 0 saturated heterocycles. The molecule has 0 radical (unpaired) electrons. The molecule has 2 N–H and O–H groups in total. The monoisotopic (exact) mass is 378 g/mol. The molecule has 27 heavy (non-hydrogen) atoms. The number of pyridine rings is 1. The third-order valence-electron chi connectivity index (χ3n) is 3.49. The lowest BCUT2D eigenvalue weighted by atomic mass is 10.2. The minimum Gasteiger partial charge on any atom is -0.483 e. The van der Waals surface area contributed by atoms with Crippen molar-refractivity contribution in [3.05, 3.63) is 51.5 Å². The van der Waals surface area contributed by atoms with Gasteiger partial charge in [-0.3, -0.25) is 9.59 Å². The number of methoxy groups -OCH3 is 1. The third-order valence-corrected chi connectivity index (χ3v) is 3.49. The molecule has 0 atom stereocenters. The van der Waals surface area contributed by atoms with Crippen molar-refractivity contribution in [3.63, 3.8) is 0 Å². The summed E-state index contributed by atoms with van der Waals surface area (Å²) in [6.45, 7) is 6.08. The van der Waals surface area contributed by atoms with Gasteiger partial charge in [0.1, 0.15) is 12.2 Å². The Labute approximate surface area is 158 Å². The van der Waals surface area contributed by atoms with E-state index in [0.717, 1.165) is 11.8 Å². The lowest BCUT2D eigenvalue weighted by molar-refractivity contribution is 0.0523. The summed E-state index contributed by atoms with van der Waals surface area (Å²) in [5.41, 5.74) is -0.197. The van der Waals surface area contributed by atoms with Crippen LogP contribution in [0.4, 0.5) is 0 Å². The molecule has 148 valence electrons. The molecule has 1 amide bonds. The molecule has 0 unspecified atom stereocenters. The van der Waals surface area contributed by atoms with Crippen LogP contribution in [0.3, 0.4) is 0 Å². The van der Waals surface area contributed by atoms with Crippen LogP contribution < -0.4 is 15.5 Å². The maximum Gasteiger partial charge on any atom is 0.343 e. The van der Waals surface area contributed by atoms with E-state index in [-0.39, 0.29) is 36.8 Å². The quantitative estimate of drug-likeness (QED) is 0.365. The van der Waals surface area contributed by atoms with E-state index >= 15 is 0 Å². The molecule has 0 aliphatic rings. The highest BCUT2D eigenvalue weighted by molar-refractivity contribution is 5.96. The number of amides is 1. The molecular formula is C19H26N2O6. The number of hydrogen-bond acceptors (Lipinski definition) is 6. The Morgan fingerprint density at radius 3 is 2.63 bits per heavy atom. The van der Waals surface area contributed by atoms with E-state index in [9.17, 15) is 14.4 Å². The summed E-state index contributed by atoms with van der Waals surface area (Å²) in [4.78, 5) is 39.7. The predicted octanol–water partition coefficient (Wildman–Crippen LogP) is 1.83. The van der Waals surface area contributed by atoms with Gasteiger partial charge in [-0.15, -0.1) is 0 Å². The van der Waals surface area contributed by atoms with Crippen molar-refractivity contribution < 1.29 is 23.8 Å². The normalized spacial score (nSPS) is 11.5. The van der Waals surface area contributed by atoms with E-state index in [1.807, 2.05) is 32.1 Å². The number of carbonyl (C=O) groups excluding carboxylic acids is 2. The highest BCUT2D eigenvalue weighted by Crippen LogP contribution is 2.14. The van der Waals surface area contributed by atoms with Gasteiger partial charge >= 0.3 is 5.97 Å². The van der Waals surface area contributed by atoms with Crippen LogP contribution in [-0.4, -0.2) is 50.3 Å². The maximum atomic E-state index is 12.7. The van der Waals surface area contributed by atoms with Gasteiger partial charge in [0.25, 0.3) is 5.91 Å². The average molecular weight is 378 g/mol. The largest absolute Gasteiger partial charge is 0.483 e. The van der Waals surface area contributed by atoms with Crippen LogP contribution in [-0.2, 0) is 9.47 Å². The SMILES string of the molecule is C/C=C\C(=C/C)COc1c(C(=O)NCCOC)[nH]cc(C(=O)OCC)c1=O. The Morgan fingerprint density at radius 1 is 1.30 bits per heavy atom. The van der Waals surface area contributed by atoms with E-state index in [0.29, 0.717) is 6.61 Å². The number of esters is 1. The van der Waals surface area contributed by atoms with E-state index in [1.165, 1.54) is 7.11 Å².